The van der Waals surface area contributed by atoms with Gasteiger partial charge in [0.2, 0.25) is 0 Å². The molecular formula is C6H13IO. The van der Waals surface area contributed by atoms with Gasteiger partial charge >= 0.3 is 0 Å². The van der Waals surface area contributed by atoms with Crippen LogP contribution in [0.4, 0.5) is 0 Å². The molecule has 1 atom stereocenters. The topological polar surface area (TPSA) is 9.23 Å². The standard InChI is InChI=1S/C6H13IO/c1-5(7)8-6(2,3)4/h5H,1-4H3. The van der Waals surface area contributed by atoms with Crippen molar-refractivity contribution in [1.82, 2.24) is 0 Å². The highest BCUT2D eigenvalue weighted by Crippen LogP contribution is 2.13. The molecule has 0 aromatic rings. The lowest BCUT2D eigenvalue weighted by Crippen LogP contribution is -2.21. The Morgan fingerprint density at radius 2 is 1.75 bits per heavy atom. The van der Waals surface area contributed by atoms with Crippen LogP contribution in [0.15, 0.2) is 0 Å². The Kier molecular flexibility index (Phi) is 3.27. The maximum absolute atomic E-state index is 5.42. The van der Waals surface area contributed by atoms with E-state index >= 15 is 0 Å². The fourth-order valence-corrected chi connectivity index (χ4v) is 1.25. The van der Waals surface area contributed by atoms with Crippen molar-refractivity contribution in [1.29, 1.82) is 0 Å². The van der Waals surface area contributed by atoms with Gasteiger partial charge in [0.25, 0.3) is 0 Å². The van der Waals surface area contributed by atoms with Gasteiger partial charge in [-0.15, -0.1) is 0 Å². The highest BCUT2D eigenvalue weighted by molar-refractivity contribution is 14.1. The van der Waals surface area contributed by atoms with Crippen LogP contribution < -0.4 is 0 Å². The summed E-state index contributed by atoms with van der Waals surface area (Å²) in [5.74, 6) is 0. The van der Waals surface area contributed by atoms with Gasteiger partial charge in [0.05, 0.1) is 5.60 Å². The molecule has 8 heavy (non-hydrogen) atoms. The molecule has 0 radical (unpaired) electrons. The molecule has 0 amide bonds. The van der Waals surface area contributed by atoms with Crippen LogP contribution in [0, 0.1) is 0 Å². The van der Waals surface area contributed by atoms with Gasteiger partial charge in [0.1, 0.15) is 4.11 Å². The van der Waals surface area contributed by atoms with Crippen LogP contribution in [0.25, 0.3) is 0 Å². The van der Waals surface area contributed by atoms with Crippen LogP contribution in [0.3, 0.4) is 0 Å². The van der Waals surface area contributed by atoms with Gasteiger partial charge in [-0.2, -0.15) is 0 Å². The predicted octanol–water partition coefficient (Wildman–Crippen LogP) is 2.58. The Morgan fingerprint density at radius 1 is 1.38 bits per heavy atom. The molecule has 0 aromatic heterocycles. The van der Waals surface area contributed by atoms with E-state index < -0.39 is 0 Å². The van der Waals surface area contributed by atoms with Crippen LogP contribution in [0.5, 0.6) is 0 Å². The Balaban J connectivity index is 3.39. The van der Waals surface area contributed by atoms with Gasteiger partial charge in [0, 0.05) is 0 Å². The summed E-state index contributed by atoms with van der Waals surface area (Å²) in [6, 6.07) is 0. The van der Waals surface area contributed by atoms with E-state index in [9.17, 15) is 0 Å². The molecule has 0 spiro atoms. The number of halogens is 1. The minimum absolute atomic E-state index is 0.0145. The molecule has 0 rings (SSSR count). The van der Waals surface area contributed by atoms with Crippen molar-refractivity contribution >= 4 is 22.6 Å². The van der Waals surface area contributed by atoms with Crippen LogP contribution in [0.1, 0.15) is 27.7 Å². The Morgan fingerprint density at radius 3 is 1.75 bits per heavy atom. The average molecular weight is 228 g/mol. The van der Waals surface area contributed by atoms with E-state index in [1.807, 2.05) is 6.92 Å². The van der Waals surface area contributed by atoms with Crippen molar-refractivity contribution in [3.63, 3.8) is 0 Å². The van der Waals surface area contributed by atoms with E-state index in [2.05, 4.69) is 43.4 Å². The lowest BCUT2D eigenvalue weighted by Gasteiger charge is -2.21. The van der Waals surface area contributed by atoms with Gasteiger partial charge in [-0.1, -0.05) is 22.6 Å². The second-order valence-corrected chi connectivity index (χ2v) is 4.53. The number of hydrogen-bond donors (Lipinski definition) is 0. The first-order chi connectivity index (χ1) is 3.42. The molecular weight excluding hydrogens is 215 g/mol. The molecule has 1 unspecified atom stereocenters. The molecule has 0 saturated heterocycles. The molecule has 0 N–H and O–H groups in total. The Hall–Kier alpha value is 0.690. The summed E-state index contributed by atoms with van der Waals surface area (Å²) in [6.45, 7) is 8.21. The van der Waals surface area contributed by atoms with Crippen LogP contribution in [0.2, 0.25) is 0 Å². The highest BCUT2D eigenvalue weighted by atomic mass is 127. The van der Waals surface area contributed by atoms with E-state index in [1.54, 1.807) is 0 Å². The van der Waals surface area contributed by atoms with Gasteiger partial charge in [-0.05, 0) is 27.7 Å². The molecule has 0 saturated carbocycles. The van der Waals surface area contributed by atoms with Gasteiger partial charge in [-0.25, -0.2) is 0 Å². The Bertz CT molecular complexity index is 63.4. The third kappa shape index (κ3) is 6.69. The van der Waals surface area contributed by atoms with Crippen LogP contribution >= 0.6 is 22.6 Å². The van der Waals surface area contributed by atoms with Crippen LogP contribution in [-0.2, 0) is 4.74 Å². The van der Waals surface area contributed by atoms with Crippen molar-refractivity contribution in [2.45, 2.75) is 37.4 Å². The molecule has 2 heteroatoms. The molecule has 1 nitrogen and oxygen atoms in total. The van der Waals surface area contributed by atoms with Crippen molar-refractivity contribution in [2.75, 3.05) is 0 Å². The molecule has 0 bridgehead atoms. The Labute approximate surface area is 64.9 Å². The normalized spacial score (nSPS) is 16.1. The molecule has 0 aliphatic heterocycles. The molecule has 50 valence electrons. The van der Waals surface area contributed by atoms with Crippen molar-refractivity contribution in [2.24, 2.45) is 0 Å². The number of ether oxygens (including phenoxy) is 1. The fraction of sp³-hybridized carbons (Fsp3) is 1.00. The zero-order chi connectivity index (χ0) is 6.78. The molecule has 0 fully saturated rings. The maximum Gasteiger partial charge on any atom is 0.106 e. The summed E-state index contributed by atoms with van der Waals surface area (Å²) in [4.78, 5) is 0. The summed E-state index contributed by atoms with van der Waals surface area (Å²) in [5.41, 5.74) is 0.0145. The average Bonchev–Trinajstić information content (AvgIpc) is 1.21. The van der Waals surface area contributed by atoms with E-state index in [0.717, 1.165) is 0 Å². The molecule has 0 heterocycles. The van der Waals surface area contributed by atoms with Gasteiger partial charge < -0.3 is 4.74 Å². The van der Waals surface area contributed by atoms with E-state index in [0.29, 0.717) is 4.11 Å². The highest BCUT2D eigenvalue weighted by Gasteiger charge is 2.11. The van der Waals surface area contributed by atoms with E-state index in [1.165, 1.54) is 0 Å². The largest absolute Gasteiger partial charge is 0.363 e. The zero-order valence-corrected chi connectivity index (χ0v) is 8.02. The lowest BCUT2D eigenvalue weighted by molar-refractivity contribution is -0.00414. The van der Waals surface area contributed by atoms with E-state index in [4.69, 9.17) is 4.74 Å². The third-order valence-corrected chi connectivity index (χ3v) is 0.770. The summed E-state index contributed by atoms with van der Waals surface area (Å²) in [7, 11) is 0. The van der Waals surface area contributed by atoms with Crippen molar-refractivity contribution < 1.29 is 4.74 Å². The number of alkyl halides is 1. The number of rotatable bonds is 1. The SMILES string of the molecule is CC(I)OC(C)(C)C. The smallest absolute Gasteiger partial charge is 0.106 e. The first-order valence-electron chi connectivity index (χ1n) is 2.74. The van der Waals surface area contributed by atoms with E-state index in [-0.39, 0.29) is 5.60 Å². The quantitative estimate of drug-likeness (QED) is 0.495. The van der Waals surface area contributed by atoms with Gasteiger partial charge in [0.15, 0.2) is 0 Å². The first kappa shape index (κ1) is 8.69. The number of hydrogen-bond acceptors (Lipinski definition) is 1. The van der Waals surface area contributed by atoms with Crippen LogP contribution in [-0.4, -0.2) is 9.71 Å². The minimum atomic E-state index is 0.0145. The summed E-state index contributed by atoms with van der Waals surface area (Å²) in [6.07, 6.45) is 0. The van der Waals surface area contributed by atoms with Crippen molar-refractivity contribution in [3.05, 3.63) is 0 Å². The summed E-state index contributed by atoms with van der Waals surface area (Å²) < 4.78 is 5.74. The van der Waals surface area contributed by atoms with Gasteiger partial charge in [-0.3, -0.25) is 0 Å². The monoisotopic (exact) mass is 228 g/mol. The summed E-state index contributed by atoms with van der Waals surface area (Å²) >= 11 is 2.25. The second-order valence-electron chi connectivity index (χ2n) is 2.77. The fourth-order valence-electron chi connectivity index (χ4n) is 0.487. The predicted molar refractivity (Wildman–Crippen MR) is 44.3 cm³/mol. The first-order valence-corrected chi connectivity index (χ1v) is 3.98. The minimum Gasteiger partial charge on any atom is -0.363 e. The molecule has 0 aliphatic rings. The molecule has 0 aromatic carbocycles. The zero-order valence-electron chi connectivity index (χ0n) is 5.86. The summed E-state index contributed by atoms with van der Waals surface area (Å²) in [5, 5.41) is 0. The molecule has 0 aliphatic carbocycles. The van der Waals surface area contributed by atoms with Crippen molar-refractivity contribution in [3.8, 4) is 0 Å². The third-order valence-electron chi connectivity index (χ3n) is 0.516. The maximum atomic E-state index is 5.42. The lowest BCUT2D eigenvalue weighted by atomic mass is 10.2. The second kappa shape index (κ2) is 3.01.